The smallest absolute Gasteiger partial charge is 0.272 e. The van der Waals surface area contributed by atoms with Crippen molar-refractivity contribution in [1.82, 2.24) is 0 Å². The fraction of sp³-hybridized carbons (Fsp3) is 0.0714. The number of hydrazone groups is 1. The van der Waals surface area contributed by atoms with Crippen molar-refractivity contribution in [1.29, 1.82) is 0 Å². The summed E-state index contributed by atoms with van der Waals surface area (Å²) in [6.45, 7) is 0. The molecule has 118 valence electrons. The van der Waals surface area contributed by atoms with Crippen LogP contribution in [0.25, 0.3) is 0 Å². The lowest BCUT2D eigenvalue weighted by atomic mass is 10.2. The third-order valence-corrected chi connectivity index (χ3v) is 3.65. The number of benzene rings is 2. The van der Waals surface area contributed by atoms with Crippen molar-refractivity contribution in [2.75, 3.05) is 11.7 Å². The maximum Gasteiger partial charge on any atom is 0.301 e. The summed E-state index contributed by atoms with van der Waals surface area (Å²) in [6, 6.07) is 10.9. The van der Waals surface area contributed by atoms with E-state index in [0.717, 1.165) is 16.5 Å². The molecule has 2 rings (SSSR count). The Balaban J connectivity index is 2.17. The molecule has 0 amide bonds. The zero-order chi connectivity index (χ0) is 16.8. The molecule has 0 aromatic heterocycles. The fourth-order valence-electron chi connectivity index (χ4n) is 1.75. The summed E-state index contributed by atoms with van der Waals surface area (Å²) < 4.78 is 0. The molecule has 0 aliphatic rings. The number of hydrogen-bond donors (Lipinski definition) is 1. The minimum atomic E-state index is -0.696. The third kappa shape index (κ3) is 4.27. The molecule has 2 aromatic carbocycles. The lowest BCUT2D eigenvalue weighted by Crippen LogP contribution is -1.98. The van der Waals surface area contributed by atoms with E-state index < -0.39 is 15.5 Å². The van der Waals surface area contributed by atoms with Crippen LogP contribution in [0.3, 0.4) is 0 Å². The van der Waals surface area contributed by atoms with Crippen LogP contribution in [0.4, 0.5) is 17.1 Å². The lowest BCUT2D eigenvalue weighted by molar-refractivity contribution is -0.393. The number of nitro benzene ring substituents is 2. The number of hydrogen-bond acceptors (Lipinski definition) is 7. The van der Waals surface area contributed by atoms with Crippen LogP contribution in [0.15, 0.2) is 52.5 Å². The molecule has 0 bridgehead atoms. The largest absolute Gasteiger partial charge is 0.301 e. The molecule has 0 atom stereocenters. The first-order valence-electron chi connectivity index (χ1n) is 6.37. The number of nitrogens with one attached hydrogen (secondary N) is 1. The van der Waals surface area contributed by atoms with Crippen LogP contribution < -0.4 is 5.43 Å². The van der Waals surface area contributed by atoms with Crippen LogP contribution in [0, 0.1) is 20.2 Å². The molecule has 0 fully saturated rings. The van der Waals surface area contributed by atoms with E-state index in [2.05, 4.69) is 10.5 Å². The highest BCUT2D eigenvalue weighted by Crippen LogP contribution is 2.28. The first kappa shape index (κ1) is 16.4. The van der Waals surface area contributed by atoms with Crippen molar-refractivity contribution in [3.63, 3.8) is 0 Å². The average Bonchev–Trinajstić information content (AvgIpc) is 2.55. The number of thioether (sulfide) groups is 1. The maximum absolute atomic E-state index is 11.0. The van der Waals surface area contributed by atoms with Crippen LogP contribution in [-0.4, -0.2) is 22.3 Å². The van der Waals surface area contributed by atoms with Crippen molar-refractivity contribution in [3.05, 3.63) is 68.3 Å². The summed E-state index contributed by atoms with van der Waals surface area (Å²) in [7, 11) is 0. The first-order chi connectivity index (χ1) is 11.0. The minimum absolute atomic E-state index is 0.0811. The van der Waals surface area contributed by atoms with Gasteiger partial charge in [0.15, 0.2) is 0 Å². The molecular formula is C14H12N4O4S. The molecule has 0 aliphatic heterocycles. The van der Waals surface area contributed by atoms with Gasteiger partial charge in [-0.2, -0.15) is 5.10 Å². The van der Waals surface area contributed by atoms with Crippen molar-refractivity contribution < 1.29 is 9.85 Å². The van der Waals surface area contributed by atoms with Gasteiger partial charge in [0.05, 0.1) is 22.1 Å². The number of rotatable bonds is 6. The molecule has 0 unspecified atom stereocenters. The predicted octanol–water partition coefficient (Wildman–Crippen LogP) is 3.67. The number of nitro groups is 2. The van der Waals surface area contributed by atoms with Crippen molar-refractivity contribution >= 4 is 35.0 Å². The van der Waals surface area contributed by atoms with Gasteiger partial charge in [-0.3, -0.25) is 25.7 Å². The summed E-state index contributed by atoms with van der Waals surface area (Å²) in [5.74, 6) is 0. The van der Waals surface area contributed by atoms with Crippen LogP contribution >= 0.6 is 11.8 Å². The highest BCUT2D eigenvalue weighted by atomic mass is 32.2. The molecule has 23 heavy (non-hydrogen) atoms. The number of anilines is 1. The molecule has 0 radical (unpaired) electrons. The topological polar surface area (TPSA) is 111 Å². The van der Waals surface area contributed by atoms with Crippen LogP contribution in [-0.2, 0) is 0 Å². The second kappa shape index (κ2) is 7.36. The van der Waals surface area contributed by atoms with Gasteiger partial charge in [-0.15, -0.1) is 11.8 Å². The van der Waals surface area contributed by atoms with Gasteiger partial charge >= 0.3 is 5.69 Å². The summed E-state index contributed by atoms with van der Waals surface area (Å²) in [6.07, 6.45) is 3.48. The van der Waals surface area contributed by atoms with E-state index in [9.17, 15) is 20.2 Å². The molecule has 0 saturated carbocycles. The highest BCUT2D eigenvalue weighted by molar-refractivity contribution is 7.98. The van der Waals surface area contributed by atoms with E-state index in [1.165, 1.54) is 18.3 Å². The quantitative estimate of drug-likeness (QED) is 0.374. The van der Waals surface area contributed by atoms with Gasteiger partial charge in [-0.25, -0.2) is 0 Å². The van der Waals surface area contributed by atoms with E-state index in [0.29, 0.717) is 0 Å². The standard InChI is InChI=1S/C14H12N4O4S/c1-23-12-5-2-10(3-6-12)9-15-16-13-7-4-11(17(19)20)8-14(13)18(21)22/h2-9,16H,1H3/b15-9+. The third-order valence-electron chi connectivity index (χ3n) is 2.90. The summed E-state index contributed by atoms with van der Waals surface area (Å²) in [5.41, 5.74) is 2.68. The first-order valence-corrected chi connectivity index (χ1v) is 7.59. The van der Waals surface area contributed by atoms with Crippen molar-refractivity contribution in [2.24, 2.45) is 5.10 Å². The summed E-state index contributed by atoms with van der Waals surface area (Å²) in [4.78, 5) is 21.4. The Morgan fingerprint density at radius 1 is 1.09 bits per heavy atom. The Morgan fingerprint density at radius 3 is 2.35 bits per heavy atom. The van der Waals surface area contributed by atoms with Crippen LogP contribution in [0.1, 0.15) is 5.56 Å². The second-order valence-corrected chi connectivity index (χ2v) is 5.24. The molecule has 0 heterocycles. The molecule has 1 N–H and O–H groups in total. The highest BCUT2D eigenvalue weighted by Gasteiger charge is 2.18. The van der Waals surface area contributed by atoms with Gasteiger partial charge in [-0.1, -0.05) is 12.1 Å². The Morgan fingerprint density at radius 2 is 1.78 bits per heavy atom. The number of non-ortho nitro benzene ring substituents is 1. The lowest BCUT2D eigenvalue weighted by Gasteiger charge is -2.02. The van der Waals surface area contributed by atoms with Crippen LogP contribution in [0.2, 0.25) is 0 Å². The van der Waals surface area contributed by atoms with E-state index in [1.54, 1.807) is 11.8 Å². The Bertz CT molecular complexity index is 762. The Kier molecular flexibility index (Phi) is 5.26. The van der Waals surface area contributed by atoms with E-state index in [4.69, 9.17) is 0 Å². The molecule has 2 aromatic rings. The second-order valence-electron chi connectivity index (χ2n) is 4.36. The average molecular weight is 332 g/mol. The van der Waals surface area contributed by atoms with Gasteiger partial charge < -0.3 is 0 Å². The van der Waals surface area contributed by atoms with E-state index in [1.807, 2.05) is 30.5 Å². The van der Waals surface area contributed by atoms with Gasteiger partial charge in [0.25, 0.3) is 5.69 Å². The Labute approximate surface area is 135 Å². The van der Waals surface area contributed by atoms with E-state index >= 15 is 0 Å². The predicted molar refractivity (Wildman–Crippen MR) is 89.2 cm³/mol. The van der Waals surface area contributed by atoms with Gasteiger partial charge in [0, 0.05) is 11.0 Å². The molecule has 0 saturated heterocycles. The number of nitrogens with zero attached hydrogens (tertiary/aromatic N) is 3. The zero-order valence-corrected chi connectivity index (χ0v) is 12.8. The Hall–Kier alpha value is -2.94. The van der Waals surface area contributed by atoms with Gasteiger partial charge in [0.2, 0.25) is 0 Å². The molecular weight excluding hydrogens is 320 g/mol. The SMILES string of the molecule is CSc1ccc(/C=N/Nc2ccc([N+](=O)[O-])cc2[N+](=O)[O-])cc1. The van der Waals surface area contributed by atoms with Gasteiger partial charge in [-0.05, 0) is 30.0 Å². The molecule has 0 spiro atoms. The normalized spacial score (nSPS) is 10.7. The van der Waals surface area contributed by atoms with Crippen molar-refractivity contribution in [3.8, 4) is 0 Å². The maximum atomic E-state index is 11.0. The van der Waals surface area contributed by atoms with Crippen LogP contribution in [0.5, 0.6) is 0 Å². The van der Waals surface area contributed by atoms with Gasteiger partial charge in [0.1, 0.15) is 5.69 Å². The molecule has 9 heteroatoms. The fourth-order valence-corrected chi connectivity index (χ4v) is 2.15. The van der Waals surface area contributed by atoms with Crippen molar-refractivity contribution in [2.45, 2.75) is 4.90 Å². The zero-order valence-electron chi connectivity index (χ0n) is 12.0. The monoisotopic (exact) mass is 332 g/mol. The minimum Gasteiger partial charge on any atom is -0.272 e. The molecule has 8 nitrogen and oxygen atoms in total. The summed E-state index contributed by atoms with van der Waals surface area (Å²) >= 11 is 1.62. The van der Waals surface area contributed by atoms with E-state index in [-0.39, 0.29) is 11.4 Å². The summed E-state index contributed by atoms with van der Waals surface area (Å²) in [5, 5.41) is 25.6. The molecule has 0 aliphatic carbocycles.